The van der Waals surface area contributed by atoms with Crippen LogP contribution >= 0.6 is 11.3 Å². The Morgan fingerprint density at radius 1 is 1.91 bits per heavy atom. The summed E-state index contributed by atoms with van der Waals surface area (Å²) in [6.07, 6.45) is 2.24. The standard InChI is InChI=1S/C7H10N2OS/c1-2-5(8)7(10)6-3-9-4-11-6/h3-5H,2,8H2,1H3/t5-/m0/s1. The number of thiazole rings is 1. The number of ketones is 1. The van der Waals surface area contributed by atoms with E-state index in [1.54, 1.807) is 11.7 Å². The van der Waals surface area contributed by atoms with Gasteiger partial charge in [-0.15, -0.1) is 11.3 Å². The van der Waals surface area contributed by atoms with Crippen LogP contribution in [0.3, 0.4) is 0 Å². The van der Waals surface area contributed by atoms with Crippen molar-refractivity contribution in [3.63, 3.8) is 0 Å². The minimum atomic E-state index is -0.365. The Morgan fingerprint density at radius 3 is 3.09 bits per heavy atom. The van der Waals surface area contributed by atoms with Crippen molar-refractivity contribution in [2.24, 2.45) is 5.73 Å². The molecule has 2 N–H and O–H groups in total. The maximum Gasteiger partial charge on any atom is 0.191 e. The first-order valence-electron chi connectivity index (χ1n) is 3.44. The van der Waals surface area contributed by atoms with Crippen LogP contribution in [0.1, 0.15) is 23.0 Å². The molecule has 0 aromatic carbocycles. The molecule has 0 aliphatic heterocycles. The third-order valence-corrected chi connectivity index (χ3v) is 2.24. The highest BCUT2D eigenvalue weighted by Gasteiger charge is 2.14. The van der Waals surface area contributed by atoms with Crippen LogP contribution in [0.4, 0.5) is 0 Å². The minimum Gasteiger partial charge on any atom is -0.321 e. The van der Waals surface area contributed by atoms with Crippen LogP contribution in [-0.2, 0) is 0 Å². The van der Waals surface area contributed by atoms with E-state index in [4.69, 9.17) is 5.73 Å². The van der Waals surface area contributed by atoms with Crippen molar-refractivity contribution in [1.29, 1.82) is 0 Å². The molecule has 0 fully saturated rings. The molecule has 0 saturated carbocycles. The summed E-state index contributed by atoms with van der Waals surface area (Å²) in [5.41, 5.74) is 7.17. The van der Waals surface area contributed by atoms with Gasteiger partial charge >= 0.3 is 0 Å². The lowest BCUT2D eigenvalue weighted by atomic mass is 10.1. The molecule has 1 aromatic heterocycles. The number of Topliss-reactive ketones (excluding diaryl/α,β-unsaturated/α-hetero) is 1. The van der Waals surface area contributed by atoms with Gasteiger partial charge in [-0.05, 0) is 6.42 Å². The van der Waals surface area contributed by atoms with Crippen molar-refractivity contribution in [3.05, 3.63) is 16.6 Å². The van der Waals surface area contributed by atoms with Crippen LogP contribution in [-0.4, -0.2) is 16.8 Å². The van der Waals surface area contributed by atoms with Gasteiger partial charge in [0.05, 0.1) is 16.4 Å². The van der Waals surface area contributed by atoms with E-state index in [2.05, 4.69) is 4.98 Å². The van der Waals surface area contributed by atoms with Crippen LogP contribution < -0.4 is 5.73 Å². The zero-order valence-electron chi connectivity index (χ0n) is 6.28. The highest BCUT2D eigenvalue weighted by Crippen LogP contribution is 2.08. The Kier molecular flexibility index (Phi) is 2.73. The lowest BCUT2D eigenvalue weighted by molar-refractivity contribution is 0.0963. The number of hydrogen-bond donors (Lipinski definition) is 1. The fourth-order valence-electron chi connectivity index (χ4n) is 0.706. The molecule has 3 nitrogen and oxygen atoms in total. The predicted molar refractivity (Wildman–Crippen MR) is 44.7 cm³/mol. The molecule has 0 spiro atoms. The number of hydrogen-bond acceptors (Lipinski definition) is 4. The molecule has 0 bridgehead atoms. The molecular formula is C7H10N2OS. The van der Waals surface area contributed by atoms with Crippen LogP contribution in [0.5, 0.6) is 0 Å². The Morgan fingerprint density at radius 2 is 2.64 bits per heavy atom. The number of rotatable bonds is 3. The van der Waals surface area contributed by atoms with Gasteiger partial charge in [0.15, 0.2) is 5.78 Å². The van der Waals surface area contributed by atoms with Gasteiger partial charge in [-0.1, -0.05) is 6.92 Å². The monoisotopic (exact) mass is 170 g/mol. The SMILES string of the molecule is CC[C@H](N)C(=O)c1cncs1. The van der Waals surface area contributed by atoms with Crippen molar-refractivity contribution < 1.29 is 4.79 Å². The van der Waals surface area contributed by atoms with E-state index in [0.717, 1.165) is 0 Å². The fourth-order valence-corrected chi connectivity index (χ4v) is 1.33. The highest BCUT2D eigenvalue weighted by atomic mass is 32.1. The first kappa shape index (κ1) is 8.36. The average molecular weight is 170 g/mol. The molecule has 0 unspecified atom stereocenters. The summed E-state index contributed by atoms with van der Waals surface area (Å²) in [6.45, 7) is 1.89. The van der Waals surface area contributed by atoms with Gasteiger partial charge in [-0.25, -0.2) is 0 Å². The van der Waals surface area contributed by atoms with Crippen LogP contribution in [0.2, 0.25) is 0 Å². The zero-order chi connectivity index (χ0) is 8.27. The number of carbonyl (C=O) groups is 1. The Bertz CT molecular complexity index is 233. The first-order valence-corrected chi connectivity index (χ1v) is 4.32. The lowest BCUT2D eigenvalue weighted by Gasteiger charge is -2.03. The van der Waals surface area contributed by atoms with E-state index < -0.39 is 0 Å². The summed E-state index contributed by atoms with van der Waals surface area (Å²) >= 11 is 1.33. The van der Waals surface area contributed by atoms with E-state index in [1.807, 2.05) is 6.92 Å². The van der Waals surface area contributed by atoms with Gasteiger partial charge in [-0.3, -0.25) is 9.78 Å². The number of nitrogens with zero attached hydrogens (tertiary/aromatic N) is 1. The second-order valence-electron chi connectivity index (χ2n) is 2.24. The van der Waals surface area contributed by atoms with Gasteiger partial charge in [0.2, 0.25) is 0 Å². The summed E-state index contributed by atoms with van der Waals surface area (Å²) in [7, 11) is 0. The molecule has 11 heavy (non-hydrogen) atoms. The molecule has 0 aliphatic rings. The van der Waals surface area contributed by atoms with Crippen molar-refractivity contribution in [2.75, 3.05) is 0 Å². The van der Waals surface area contributed by atoms with E-state index in [9.17, 15) is 4.79 Å². The normalized spacial score (nSPS) is 12.9. The molecule has 0 radical (unpaired) electrons. The van der Waals surface area contributed by atoms with Crippen LogP contribution in [0.25, 0.3) is 0 Å². The van der Waals surface area contributed by atoms with Gasteiger partial charge < -0.3 is 5.73 Å². The molecule has 1 atom stereocenters. The summed E-state index contributed by atoms with van der Waals surface area (Å²) < 4.78 is 0. The smallest absolute Gasteiger partial charge is 0.191 e. The summed E-state index contributed by atoms with van der Waals surface area (Å²) in [4.78, 5) is 15.7. The predicted octanol–water partition coefficient (Wildman–Crippen LogP) is 1.06. The van der Waals surface area contributed by atoms with E-state index in [0.29, 0.717) is 11.3 Å². The van der Waals surface area contributed by atoms with Crippen LogP contribution in [0, 0.1) is 0 Å². The zero-order valence-corrected chi connectivity index (χ0v) is 7.10. The first-order chi connectivity index (χ1) is 5.25. The Labute approximate surface area is 69.3 Å². The number of aromatic nitrogens is 1. The van der Waals surface area contributed by atoms with Gasteiger partial charge in [0.1, 0.15) is 0 Å². The van der Waals surface area contributed by atoms with Gasteiger partial charge in [0, 0.05) is 6.20 Å². The maximum absolute atomic E-state index is 11.3. The van der Waals surface area contributed by atoms with Gasteiger partial charge in [-0.2, -0.15) is 0 Å². The highest BCUT2D eigenvalue weighted by molar-refractivity contribution is 7.11. The van der Waals surface area contributed by atoms with Crippen molar-refractivity contribution in [2.45, 2.75) is 19.4 Å². The van der Waals surface area contributed by atoms with Crippen LogP contribution in [0.15, 0.2) is 11.7 Å². The number of carbonyl (C=O) groups excluding carboxylic acids is 1. The summed E-state index contributed by atoms with van der Waals surface area (Å²) in [5, 5.41) is 0. The molecular weight excluding hydrogens is 160 g/mol. The molecule has 1 heterocycles. The lowest BCUT2D eigenvalue weighted by Crippen LogP contribution is -2.28. The molecule has 60 valence electrons. The molecule has 1 aromatic rings. The van der Waals surface area contributed by atoms with Crippen molar-refractivity contribution in [3.8, 4) is 0 Å². The third-order valence-electron chi connectivity index (χ3n) is 1.45. The third kappa shape index (κ3) is 1.85. The molecule has 0 aliphatic carbocycles. The quantitative estimate of drug-likeness (QED) is 0.690. The average Bonchev–Trinajstić information content (AvgIpc) is 2.53. The fraction of sp³-hybridized carbons (Fsp3) is 0.429. The van der Waals surface area contributed by atoms with Gasteiger partial charge in [0.25, 0.3) is 0 Å². The minimum absolute atomic E-state index is 0.00463. The maximum atomic E-state index is 11.3. The summed E-state index contributed by atoms with van der Waals surface area (Å²) in [5.74, 6) is -0.00463. The largest absolute Gasteiger partial charge is 0.321 e. The Hall–Kier alpha value is -0.740. The van der Waals surface area contributed by atoms with E-state index >= 15 is 0 Å². The summed E-state index contributed by atoms with van der Waals surface area (Å²) in [6, 6.07) is -0.365. The number of nitrogens with two attached hydrogens (primary N) is 1. The molecule has 1 rings (SSSR count). The second-order valence-corrected chi connectivity index (χ2v) is 3.13. The van der Waals surface area contributed by atoms with Crippen molar-refractivity contribution >= 4 is 17.1 Å². The molecule has 0 saturated heterocycles. The molecule has 0 amide bonds. The van der Waals surface area contributed by atoms with E-state index in [-0.39, 0.29) is 11.8 Å². The Balaban J connectivity index is 2.70. The van der Waals surface area contributed by atoms with Crippen molar-refractivity contribution in [1.82, 2.24) is 4.98 Å². The molecule has 4 heteroatoms. The second kappa shape index (κ2) is 3.59. The topological polar surface area (TPSA) is 56.0 Å². The van der Waals surface area contributed by atoms with E-state index in [1.165, 1.54) is 11.3 Å².